The van der Waals surface area contributed by atoms with E-state index in [1.165, 1.54) is 32.4 Å². The van der Waals surface area contributed by atoms with E-state index in [0.717, 1.165) is 45.2 Å². The summed E-state index contributed by atoms with van der Waals surface area (Å²) in [6.45, 7) is 4.36. The molecule has 108 valence electrons. The fraction of sp³-hybridized carbons (Fsp3) is 0.933. The van der Waals surface area contributed by atoms with Crippen molar-refractivity contribution >= 4 is 5.91 Å². The van der Waals surface area contributed by atoms with Crippen molar-refractivity contribution in [3.05, 3.63) is 0 Å². The molecule has 0 unspecified atom stereocenters. The molecule has 1 aliphatic carbocycles. The van der Waals surface area contributed by atoms with Crippen LogP contribution in [0.25, 0.3) is 0 Å². The molecule has 1 saturated carbocycles. The summed E-state index contributed by atoms with van der Waals surface area (Å²) in [7, 11) is 0. The van der Waals surface area contributed by atoms with Crippen molar-refractivity contribution in [3.8, 4) is 0 Å². The number of nitrogens with two attached hydrogens (primary N) is 1. The quantitative estimate of drug-likeness (QED) is 0.820. The molecule has 3 rings (SSSR count). The molecule has 0 aromatic heterocycles. The molecule has 0 aromatic carbocycles. The van der Waals surface area contributed by atoms with E-state index in [0.29, 0.717) is 6.04 Å². The molecule has 0 aromatic rings. The van der Waals surface area contributed by atoms with Gasteiger partial charge in [0, 0.05) is 19.1 Å². The molecular weight excluding hydrogens is 238 g/mol. The van der Waals surface area contributed by atoms with Crippen molar-refractivity contribution in [2.45, 2.75) is 62.9 Å². The van der Waals surface area contributed by atoms with Crippen molar-refractivity contribution in [1.82, 2.24) is 9.80 Å². The summed E-state index contributed by atoms with van der Waals surface area (Å²) >= 11 is 0. The fourth-order valence-corrected chi connectivity index (χ4v) is 3.80. The number of piperidine rings is 2. The van der Waals surface area contributed by atoms with Gasteiger partial charge in [-0.15, -0.1) is 0 Å². The molecule has 2 saturated heterocycles. The number of nitrogens with zero attached hydrogens (tertiary/aromatic N) is 2. The maximum Gasteiger partial charge on any atom is 0.242 e. The number of rotatable bonds is 2. The predicted octanol–water partition coefficient (Wildman–Crippen LogP) is 1.34. The van der Waals surface area contributed by atoms with E-state index in [9.17, 15) is 4.79 Å². The smallest absolute Gasteiger partial charge is 0.242 e. The first-order valence-corrected chi connectivity index (χ1v) is 8.01. The van der Waals surface area contributed by atoms with Crippen LogP contribution in [0.15, 0.2) is 0 Å². The first kappa shape index (κ1) is 13.4. The Morgan fingerprint density at radius 2 is 1.58 bits per heavy atom. The number of carbonyl (C=O) groups is 1. The Bertz CT molecular complexity index is 326. The average Bonchev–Trinajstić information content (AvgIpc) is 2.45. The molecule has 0 radical (unpaired) electrons. The number of hydrogen-bond acceptors (Lipinski definition) is 3. The van der Waals surface area contributed by atoms with Crippen molar-refractivity contribution in [2.75, 3.05) is 26.2 Å². The van der Waals surface area contributed by atoms with Gasteiger partial charge < -0.3 is 15.5 Å². The van der Waals surface area contributed by atoms with Gasteiger partial charge in [0.2, 0.25) is 5.91 Å². The Hall–Kier alpha value is -0.610. The summed E-state index contributed by atoms with van der Waals surface area (Å²) < 4.78 is 0. The minimum Gasteiger partial charge on any atom is -0.341 e. The van der Waals surface area contributed by atoms with E-state index in [1.807, 2.05) is 4.90 Å². The molecule has 3 aliphatic rings. The largest absolute Gasteiger partial charge is 0.341 e. The Morgan fingerprint density at radius 3 is 2.11 bits per heavy atom. The Morgan fingerprint density at radius 1 is 0.947 bits per heavy atom. The molecule has 4 heteroatoms. The van der Waals surface area contributed by atoms with Crippen LogP contribution in [0.4, 0.5) is 0 Å². The zero-order valence-electron chi connectivity index (χ0n) is 11.9. The zero-order chi connectivity index (χ0) is 13.3. The predicted molar refractivity (Wildman–Crippen MR) is 75.8 cm³/mol. The van der Waals surface area contributed by atoms with Gasteiger partial charge in [0.15, 0.2) is 0 Å². The summed E-state index contributed by atoms with van der Waals surface area (Å²) in [6.07, 6.45) is 9.27. The molecule has 0 atom stereocenters. The number of carbonyl (C=O) groups excluding carboxylic acids is 1. The highest BCUT2D eigenvalue weighted by Crippen LogP contribution is 2.32. The van der Waals surface area contributed by atoms with Crippen LogP contribution in [0.3, 0.4) is 0 Å². The molecule has 0 spiro atoms. The van der Waals surface area contributed by atoms with E-state index in [1.54, 1.807) is 0 Å². The molecule has 3 fully saturated rings. The van der Waals surface area contributed by atoms with Crippen LogP contribution < -0.4 is 5.73 Å². The highest BCUT2D eigenvalue weighted by Gasteiger charge is 2.43. The third-order valence-electron chi connectivity index (χ3n) is 5.33. The van der Waals surface area contributed by atoms with Crippen molar-refractivity contribution in [2.24, 2.45) is 5.73 Å². The van der Waals surface area contributed by atoms with Gasteiger partial charge in [-0.2, -0.15) is 0 Å². The standard InChI is InChI=1S/C15H27N3O/c16-15(7-4-8-15)14(19)18-11-5-13(6-12-18)17-9-2-1-3-10-17/h13H,1-12,16H2. The van der Waals surface area contributed by atoms with Gasteiger partial charge in [-0.1, -0.05) is 6.42 Å². The Balaban J connectivity index is 1.50. The van der Waals surface area contributed by atoms with Crippen molar-refractivity contribution in [1.29, 1.82) is 0 Å². The molecule has 2 heterocycles. The molecule has 0 bridgehead atoms. The molecule has 2 aliphatic heterocycles. The lowest BCUT2D eigenvalue weighted by atomic mass is 9.76. The van der Waals surface area contributed by atoms with E-state index in [4.69, 9.17) is 5.73 Å². The zero-order valence-corrected chi connectivity index (χ0v) is 11.9. The van der Waals surface area contributed by atoms with Gasteiger partial charge in [-0.25, -0.2) is 0 Å². The second-order valence-corrected chi connectivity index (χ2v) is 6.63. The normalized spacial score (nSPS) is 29.0. The summed E-state index contributed by atoms with van der Waals surface area (Å²) in [4.78, 5) is 17.0. The molecular formula is C15H27N3O. The van der Waals surface area contributed by atoms with Crippen LogP contribution in [0.5, 0.6) is 0 Å². The Labute approximate surface area is 116 Å². The van der Waals surface area contributed by atoms with Crippen LogP contribution in [-0.2, 0) is 4.79 Å². The number of likely N-dealkylation sites (tertiary alicyclic amines) is 2. The topological polar surface area (TPSA) is 49.6 Å². The number of amides is 1. The van der Waals surface area contributed by atoms with Gasteiger partial charge >= 0.3 is 0 Å². The first-order valence-electron chi connectivity index (χ1n) is 8.01. The van der Waals surface area contributed by atoms with Gasteiger partial charge in [0.1, 0.15) is 0 Å². The third kappa shape index (κ3) is 2.65. The van der Waals surface area contributed by atoms with Gasteiger partial charge in [0.25, 0.3) is 0 Å². The van der Waals surface area contributed by atoms with E-state index >= 15 is 0 Å². The lowest BCUT2D eigenvalue weighted by Gasteiger charge is -2.44. The third-order valence-corrected chi connectivity index (χ3v) is 5.33. The van der Waals surface area contributed by atoms with Crippen LogP contribution in [0.1, 0.15) is 51.4 Å². The van der Waals surface area contributed by atoms with Crippen molar-refractivity contribution in [3.63, 3.8) is 0 Å². The summed E-state index contributed by atoms with van der Waals surface area (Å²) in [5.74, 6) is 0.218. The molecule has 19 heavy (non-hydrogen) atoms. The Kier molecular flexibility index (Phi) is 3.81. The van der Waals surface area contributed by atoms with Gasteiger partial charge in [-0.05, 0) is 58.0 Å². The van der Waals surface area contributed by atoms with Gasteiger partial charge in [-0.3, -0.25) is 4.79 Å². The van der Waals surface area contributed by atoms with Crippen LogP contribution >= 0.6 is 0 Å². The average molecular weight is 265 g/mol. The summed E-state index contributed by atoms with van der Waals surface area (Å²) in [6, 6.07) is 0.708. The van der Waals surface area contributed by atoms with Gasteiger partial charge in [0.05, 0.1) is 5.54 Å². The fourth-order valence-electron chi connectivity index (χ4n) is 3.80. The highest BCUT2D eigenvalue weighted by atomic mass is 16.2. The second kappa shape index (κ2) is 5.41. The van der Waals surface area contributed by atoms with E-state index in [-0.39, 0.29) is 5.91 Å². The molecule has 4 nitrogen and oxygen atoms in total. The van der Waals surface area contributed by atoms with Crippen LogP contribution in [-0.4, -0.2) is 53.5 Å². The summed E-state index contributed by atoms with van der Waals surface area (Å²) in [5, 5.41) is 0. The maximum atomic E-state index is 12.4. The van der Waals surface area contributed by atoms with Crippen LogP contribution in [0, 0.1) is 0 Å². The molecule has 2 N–H and O–H groups in total. The monoisotopic (exact) mass is 265 g/mol. The second-order valence-electron chi connectivity index (χ2n) is 6.63. The lowest BCUT2D eigenvalue weighted by molar-refractivity contribution is -0.141. The lowest BCUT2D eigenvalue weighted by Crippen LogP contribution is -2.61. The minimum absolute atomic E-state index is 0.218. The van der Waals surface area contributed by atoms with E-state index < -0.39 is 5.54 Å². The highest BCUT2D eigenvalue weighted by molar-refractivity contribution is 5.87. The van der Waals surface area contributed by atoms with Crippen molar-refractivity contribution < 1.29 is 4.79 Å². The maximum absolute atomic E-state index is 12.4. The minimum atomic E-state index is -0.502. The SMILES string of the molecule is NC1(C(=O)N2CCC(N3CCCCC3)CC2)CCC1. The number of hydrogen-bond donors (Lipinski definition) is 1. The van der Waals surface area contributed by atoms with E-state index in [2.05, 4.69) is 4.90 Å². The molecule has 1 amide bonds. The van der Waals surface area contributed by atoms with Crippen LogP contribution in [0.2, 0.25) is 0 Å². The summed E-state index contributed by atoms with van der Waals surface area (Å²) in [5.41, 5.74) is 5.65. The first-order chi connectivity index (χ1) is 9.19.